The van der Waals surface area contributed by atoms with Gasteiger partial charge in [0.1, 0.15) is 0 Å². The van der Waals surface area contributed by atoms with Gasteiger partial charge in [0.2, 0.25) is 5.91 Å². The number of benzene rings is 1. The quantitative estimate of drug-likeness (QED) is 0.811. The summed E-state index contributed by atoms with van der Waals surface area (Å²) < 4.78 is 0. The van der Waals surface area contributed by atoms with Crippen LogP contribution in [-0.4, -0.2) is 26.8 Å². The number of aliphatic hydroxyl groups is 1. The average Bonchev–Trinajstić information content (AvgIpc) is 3.02. The van der Waals surface area contributed by atoms with E-state index in [1.807, 2.05) is 30.3 Å². The summed E-state index contributed by atoms with van der Waals surface area (Å²) in [5.41, 5.74) is 1.88. The maximum absolute atomic E-state index is 12.1. The molecule has 3 rings (SSSR count). The van der Waals surface area contributed by atoms with Gasteiger partial charge in [-0.25, -0.2) is 0 Å². The molecular formula is C17H21N3O2. The molecule has 0 saturated heterocycles. The molecule has 0 atom stereocenters. The minimum Gasteiger partial charge on any atom is -0.389 e. The summed E-state index contributed by atoms with van der Waals surface area (Å²) >= 11 is 0. The molecule has 2 aromatic rings. The van der Waals surface area contributed by atoms with Crippen molar-refractivity contribution in [1.29, 1.82) is 0 Å². The van der Waals surface area contributed by atoms with E-state index in [1.165, 1.54) is 0 Å². The number of H-pyrrole nitrogens is 1. The molecule has 1 heterocycles. The first-order chi connectivity index (χ1) is 10.6. The van der Waals surface area contributed by atoms with Crippen molar-refractivity contribution >= 4 is 11.6 Å². The van der Waals surface area contributed by atoms with Crippen LogP contribution in [-0.2, 0) is 4.79 Å². The fourth-order valence-corrected chi connectivity index (χ4v) is 3.04. The number of hydrogen-bond acceptors (Lipinski definition) is 3. The third-order valence-electron chi connectivity index (χ3n) is 4.25. The van der Waals surface area contributed by atoms with Gasteiger partial charge in [-0.15, -0.1) is 0 Å². The molecule has 1 aromatic heterocycles. The van der Waals surface area contributed by atoms with E-state index >= 15 is 0 Å². The summed E-state index contributed by atoms with van der Waals surface area (Å²) in [6, 6.07) is 9.47. The number of nitrogens with zero attached hydrogens (tertiary/aromatic N) is 1. The summed E-state index contributed by atoms with van der Waals surface area (Å²) in [7, 11) is 0. The van der Waals surface area contributed by atoms with Crippen LogP contribution in [0.5, 0.6) is 0 Å². The first-order valence-electron chi connectivity index (χ1n) is 7.77. The Kier molecular flexibility index (Phi) is 4.24. The molecule has 116 valence electrons. The van der Waals surface area contributed by atoms with Gasteiger partial charge in [-0.3, -0.25) is 9.89 Å². The Hall–Kier alpha value is -2.14. The number of carbonyl (C=O) groups is 1. The average molecular weight is 299 g/mol. The minimum atomic E-state index is -0.821. The van der Waals surface area contributed by atoms with E-state index in [4.69, 9.17) is 0 Å². The number of rotatable bonds is 4. The molecule has 0 spiro atoms. The second-order valence-electron chi connectivity index (χ2n) is 6.06. The monoisotopic (exact) mass is 299 g/mol. The molecule has 1 aromatic carbocycles. The van der Waals surface area contributed by atoms with Gasteiger partial charge in [0.25, 0.3) is 0 Å². The van der Waals surface area contributed by atoms with Crippen LogP contribution in [0.25, 0.3) is 11.3 Å². The molecule has 22 heavy (non-hydrogen) atoms. The minimum absolute atomic E-state index is 0.126. The zero-order valence-corrected chi connectivity index (χ0v) is 12.5. The first kappa shape index (κ1) is 14.8. The Labute approximate surface area is 129 Å². The maximum atomic E-state index is 12.1. The molecule has 0 bridgehead atoms. The van der Waals surface area contributed by atoms with E-state index in [9.17, 15) is 9.90 Å². The molecule has 1 aliphatic rings. The van der Waals surface area contributed by atoms with E-state index in [0.717, 1.165) is 49.0 Å². The summed E-state index contributed by atoms with van der Waals surface area (Å²) in [6.07, 6.45) is 6.48. The van der Waals surface area contributed by atoms with Gasteiger partial charge >= 0.3 is 0 Å². The summed E-state index contributed by atoms with van der Waals surface area (Å²) in [5, 5.41) is 20.1. The largest absolute Gasteiger partial charge is 0.389 e. The van der Waals surface area contributed by atoms with Crippen LogP contribution < -0.4 is 5.32 Å². The Morgan fingerprint density at radius 1 is 1.18 bits per heavy atom. The zero-order valence-electron chi connectivity index (χ0n) is 12.5. The molecule has 5 heteroatoms. The second-order valence-corrected chi connectivity index (χ2v) is 6.06. The standard InChI is InChI=1S/C17H21N3O2/c21-16(12-17(22)9-2-1-3-10-17)19-14-6-4-13(5-7-14)15-8-11-18-20-15/h4-8,11,22H,1-3,9-10,12H2,(H,18,20)(H,19,21). The van der Waals surface area contributed by atoms with Crippen molar-refractivity contribution < 1.29 is 9.90 Å². The van der Waals surface area contributed by atoms with Crippen molar-refractivity contribution in [2.24, 2.45) is 0 Å². The van der Waals surface area contributed by atoms with Gasteiger partial charge in [-0.2, -0.15) is 5.10 Å². The first-order valence-corrected chi connectivity index (χ1v) is 7.77. The van der Waals surface area contributed by atoms with E-state index in [-0.39, 0.29) is 12.3 Å². The van der Waals surface area contributed by atoms with Crippen LogP contribution in [0, 0.1) is 0 Å². The molecule has 5 nitrogen and oxygen atoms in total. The molecule has 0 unspecified atom stereocenters. The van der Waals surface area contributed by atoms with Gasteiger partial charge in [-0.05, 0) is 36.6 Å². The van der Waals surface area contributed by atoms with Crippen LogP contribution in [0.3, 0.4) is 0 Å². The lowest BCUT2D eigenvalue weighted by Gasteiger charge is -2.31. The molecular weight excluding hydrogens is 278 g/mol. The Balaban J connectivity index is 1.59. The second kappa shape index (κ2) is 6.32. The van der Waals surface area contributed by atoms with Gasteiger partial charge in [-0.1, -0.05) is 31.4 Å². The predicted molar refractivity (Wildman–Crippen MR) is 85.3 cm³/mol. The van der Waals surface area contributed by atoms with Crippen molar-refractivity contribution in [2.75, 3.05) is 5.32 Å². The fourth-order valence-electron chi connectivity index (χ4n) is 3.04. The predicted octanol–water partition coefficient (Wildman–Crippen LogP) is 3.10. The fraction of sp³-hybridized carbons (Fsp3) is 0.412. The normalized spacial score (nSPS) is 17.1. The SMILES string of the molecule is O=C(CC1(O)CCCCC1)Nc1ccc(-c2ccn[nH]2)cc1. The highest BCUT2D eigenvalue weighted by atomic mass is 16.3. The lowest BCUT2D eigenvalue weighted by molar-refractivity contribution is -0.122. The lowest BCUT2D eigenvalue weighted by Crippen LogP contribution is -2.35. The topological polar surface area (TPSA) is 78.0 Å². The molecule has 0 aliphatic heterocycles. The molecule has 0 radical (unpaired) electrons. The maximum Gasteiger partial charge on any atom is 0.227 e. The third kappa shape index (κ3) is 3.54. The van der Waals surface area contributed by atoms with Crippen molar-refractivity contribution in [1.82, 2.24) is 10.2 Å². The Morgan fingerprint density at radius 2 is 1.91 bits per heavy atom. The number of aromatic amines is 1. The van der Waals surface area contributed by atoms with Crippen molar-refractivity contribution in [3.05, 3.63) is 36.5 Å². The molecule has 1 saturated carbocycles. The Morgan fingerprint density at radius 3 is 2.55 bits per heavy atom. The number of nitrogens with one attached hydrogen (secondary N) is 2. The van der Waals surface area contributed by atoms with Gasteiger partial charge < -0.3 is 10.4 Å². The van der Waals surface area contributed by atoms with Crippen LogP contribution in [0.2, 0.25) is 0 Å². The number of aromatic nitrogens is 2. The van der Waals surface area contributed by atoms with Crippen molar-refractivity contribution in [3.63, 3.8) is 0 Å². The number of amides is 1. The highest BCUT2D eigenvalue weighted by molar-refractivity contribution is 5.91. The van der Waals surface area contributed by atoms with Crippen LogP contribution in [0.15, 0.2) is 36.5 Å². The van der Waals surface area contributed by atoms with Crippen molar-refractivity contribution in [3.8, 4) is 11.3 Å². The highest BCUT2D eigenvalue weighted by Gasteiger charge is 2.31. The van der Waals surface area contributed by atoms with E-state index < -0.39 is 5.60 Å². The number of carbonyl (C=O) groups excluding carboxylic acids is 1. The van der Waals surface area contributed by atoms with Gasteiger partial charge in [0.05, 0.1) is 17.7 Å². The lowest BCUT2D eigenvalue weighted by atomic mass is 9.82. The van der Waals surface area contributed by atoms with Crippen LogP contribution in [0.1, 0.15) is 38.5 Å². The highest BCUT2D eigenvalue weighted by Crippen LogP contribution is 2.31. The Bertz CT molecular complexity index is 614. The summed E-state index contributed by atoms with van der Waals surface area (Å²) in [6.45, 7) is 0. The number of hydrogen-bond donors (Lipinski definition) is 3. The third-order valence-corrected chi connectivity index (χ3v) is 4.25. The smallest absolute Gasteiger partial charge is 0.227 e. The zero-order chi connectivity index (χ0) is 15.4. The molecule has 1 fully saturated rings. The van der Waals surface area contributed by atoms with Crippen LogP contribution >= 0.6 is 0 Å². The van der Waals surface area contributed by atoms with E-state index in [1.54, 1.807) is 6.20 Å². The van der Waals surface area contributed by atoms with E-state index in [0.29, 0.717) is 0 Å². The van der Waals surface area contributed by atoms with E-state index in [2.05, 4.69) is 15.5 Å². The number of anilines is 1. The summed E-state index contributed by atoms with van der Waals surface area (Å²) in [5.74, 6) is -0.126. The summed E-state index contributed by atoms with van der Waals surface area (Å²) in [4.78, 5) is 12.1. The van der Waals surface area contributed by atoms with Gasteiger partial charge in [0.15, 0.2) is 0 Å². The molecule has 1 aliphatic carbocycles. The van der Waals surface area contributed by atoms with Gasteiger partial charge in [0, 0.05) is 11.9 Å². The van der Waals surface area contributed by atoms with Crippen molar-refractivity contribution in [2.45, 2.75) is 44.1 Å². The molecule has 1 amide bonds. The van der Waals surface area contributed by atoms with Crippen LogP contribution in [0.4, 0.5) is 5.69 Å². The molecule has 3 N–H and O–H groups in total.